The molecule has 0 amide bonds. The topological polar surface area (TPSA) is 58.0 Å². The minimum absolute atomic E-state index is 0.379. The number of aliphatic hydroxyl groups is 1. The Labute approximate surface area is 82.2 Å². The lowest BCUT2D eigenvalue weighted by molar-refractivity contribution is 0.176. The second-order valence-corrected chi connectivity index (χ2v) is 3.05. The predicted octanol–water partition coefficient (Wildman–Crippen LogP) is 1.19. The maximum Gasteiger partial charge on any atom is 0.217 e. The smallest absolute Gasteiger partial charge is 0.217 e. The molecule has 0 bridgehead atoms. The Morgan fingerprint density at radius 3 is 3.00 bits per heavy atom. The molecule has 0 aliphatic carbocycles. The van der Waals surface area contributed by atoms with Crippen LogP contribution in [0.15, 0.2) is 12.4 Å². The molecule has 1 rings (SSSR count). The number of rotatable bonds is 5. The van der Waals surface area contributed by atoms with Crippen LogP contribution in [0.5, 0.6) is 0 Å². The van der Waals surface area contributed by atoms with E-state index in [4.69, 9.17) is 0 Å². The molecule has 0 saturated carbocycles. The summed E-state index contributed by atoms with van der Waals surface area (Å²) < 4.78 is 12.6. The van der Waals surface area contributed by atoms with E-state index in [1.807, 2.05) is 6.92 Å². The highest BCUT2D eigenvalue weighted by Crippen LogP contribution is 2.03. The van der Waals surface area contributed by atoms with E-state index in [0.29, 0.717) is 12.4 Å². The minimum Gasteiger partial charge on any atom is -0.391 e. The van der Waals surface area contributed by atoms with E-state index in [2.05, 4.69) is 15.3 Å². The normalized spacial score (nSPS) is 12.5. The Morgan fingerprint density at radius 1 is 1.57 bits per heavy atom. The van der Waals surface area contributed by atoms with Crippen LogP contribution in [-0.4, -0.2) is 27.7 Å². The molecule has 1 heterocycles. The molecule has 5 heteroatoms. The molecule has 2 N–H and O–H groups in total. The first kappa shape index (κ1) is 10.8. The summed E-state index contributed by atoms with van der Waals surface area (Å²) in [4.78, 5) is 7.12. The Kier molecular flexibility index (Phi) is 4.25. The Hall–Kier alpha value is -1.23. The zero-order chi connectivity index (χ0) is 10.4. The fourth-order valence-corrected chi connectivity index (χ4v) is 1.09. The minimum atomic E-state index is -0.576. The molecule has 0 saturated heterocycles. The zero-order valence-corrected chi connectivity index (χ0v) is 8.07. The van der Waals surface area contributed by atoms with Crippen molar-refractivity contribution in [2.45, 2.75) is 25.9 Å². The van der Waals surface area contributed by atoms with E-state index < -0.39 is 12.1 Å². The number of aromatic nitrogens is 2. The lowest BCUT2D eigenvalue weighted by Crippen LogP contribution is -2.19. The quantitative estimate of drug-likeness (QED) is 0.699. The molecule has 1 atom stereocenters. The Bertz CT molecular complexity index is 283. The summed E-state index contributed by atoms with van der Waals surface area (Å²) in [5.74, 6) is -0.180. The Morgan fingerprint density at radius 2 is 2.36 bits per heavy atom. The SMILES string of the molecule is CCCC(O)CNc1cc(F)ncn1. The lowest BCUT2D eigenvalue weighted by atomic mass is 10.2. The highest BCUT2D eigenvalue weighted by Gasteiger charge is 2.03. The van der Waals surface area contributed by atoms with Gasteiger partial charge in [-0.05, 0) is 6.42 Å². The van der Waals surface area contributed by atoms with Crippen LogP contribution in [0.1, 0.15) is 19.8 Å². The van der Waals surface area contributed by atoms with E-state index in [1.54, 1.807) is 0 Å². The maximum absolute atomic E-state index is 12.6. The van der Waals surface area contributed by atoms with Crippen molar-refractivity contribution in [3.63, 3.8) is 0 Å². The zero-order valence-electron chi connectivity index (χ0n) is 8.07. The first-order valence-corrected chi connectivity index (χ1v) is 4.62. The standard InChI is InChI=1S/C9H14FN3O/c1-2-3-7(14)5-11-9-4-8(10)12-6-13-9/h4,6-7,14H,2-3,5H2,1H3,(H,11,12,13). The summed E-state index contributed by atoms with van der Waals surface area (Å²) in [6.45, 7) is 2.37. The van der Waals surface area contributed by atoms with Crippen LogP contribution >= 0.6 is 0 Å². The summed E-state index contributed by atoms with van der Waals surface area (Å²) in [6.07, 6.45) is 2.36. The average Bonchev–Trinajstić information content (AvgIpc) is 2.15. The van der Waals surface area contributed by atoms with Crippen LogP contribution in [0.3, 0.4) is 0 Å². The van der Waals surface area contributed by atoms with Crippen molar-refractivity contribution in [2.75, 3.05) is 11.9 Å². The summed E-state index contributed by atoms with van der Waals surface area (Å²) in [5, 5.41) is 12.2. The molecule has 1 aromatic rings. The molecule has 4 nitrogen and oxygen atoms in total. The van der Waals surface area contributed by atoms with E-state index >= 15 is 0 Å². The van der Waals surface area contributed by atoms with Crippen LogP contribution < -0.4 is 5.32 Å². The van der Waals surface area contributed by atoms with Gasteiger partial charge in [0.1, 0.15) is 12.1 Å². The number of nitrogens with one attached hydrogen (secondary N) is 1. The van der Waals surface area contributed by atoms with Gasteiger partial charge in [-0.25, -0.2) is 9.97 Å². The summed E-state index contributed by atoms with van der Waals surface area (Å²) in [5.41, 5.74) is 0. The van der Waals surface area contributed by atoms with Crippen LogP contribution in [0.25, 0.3) is 0 Å². The van der Waals surface area contributed by atoms with Crippen molar-refractivity contribution < 1.29 is 9.50 Å². The van der Waals surface area contributed by atoms with Crippen molar-refractivity contribution in [2.24, 2.45) is 0 Å². The number of aliphatic hydroxyl groups excluding tert-OH is 1. The van der Waals surface area contributed by atoms with E-state index in [1.165, 1.54) is 6.07 Å². The molecule has 0 fully saturated rings. The summed E-state index contributed by atoms with van der Waals surface area (Å²) >= 11 is 0. The molecule has 1 unspecified atom stereocenters. The first-order valence-electron chi connectivity index (χ1n) is 4.62. The van der Waals surface area contributed by atoms with Gasteiger partial charge < -0.3 is 10.4 Å². The molecule has 78 valence electrons. The summed E-state index contributed by atoms with van der Waals surface area (Å²) in [7, 11) is 0. The number of nitrogens with zero attached hydrogens (tertiary/aromatic N) is 2. The molecular weight excluding hydrogens is 185 g/mol. The molecule has 0 aliphatic heterocycles. The van der Waals surface area contributed by atoms with Gasteiger partial charge in [-0.2, -0.15) is 4.39 Å². The maximum atomic E-state index is 12.6. The predicted molar refractivity (Wildman–Crippen MR) is 51.4 cm³/mol. The van der Waals surface area contributed by atoms with E-state index in [0.717, 1.165) is 19.2 Å². The largest absolute Gasteiger partial charge is 0.391 e. The fraction of sp³-hybridized carbons (Fsp3) is 0.556. The molecule has 0 aromatic carbocycles. The van der Waals surface area contributed by atoms with Crippen LogP contribution in [0.2, 0.25) is 0 Å². The molecule has 0 spiro atoms. The van der Waals surface area contributed by atoms with E-state index in [9.17, 15) is 9.50 Å². The van der Waals surface area contributed by atoms with Gasteiger partial charge >= 0.3 is 0 Å². The van der Waals surface area contributed by atoms with Crippen molar-refractivity contribution >= 4 is 5.82 Å². The number of anilines is 1. The van der Waals surface area contributed by atoms with Gasteiger partial charge in [0.2, 0.25) is 5.95 Å². The molecule has 14 heavy (non-hydrogen) atoms. The molecular formula is C9H14FN3O. The van der Waals surface area contributed by atoms with Gasteiger partial charge in [-0.3, -0.25) is 0 Å². The first-order chi connectivity index (χ1) is 6.72. The highest BCUT2D eigenvalue weighted by atomic mass is 19.1. The highest BCUT2D eigenvalue weighted by molar-refractivity contribution is 5.32. The molecule has 0 aliphatic rings. The number of halogens is 1. The van der Waals surface area contributed by atoms with Gasteiger partial charge in [-0.15, -0.1) is 0 Å². The third-order valence-electron chi connectivity index (χ3n) is 1.77. The van der Waals surface area contributed by atoms with E-state index in [-0.39, 0.29) is 0 Å². The second kappa shape index (κ2) is 5.49. The third kappa shape index (κ3) is 3.66. The monoisotopic (exact) mass is 199 g/mol. The average molecular weight is 199 g/mol. The van der Waals surface area contributed by atoms with Crippen LogP contribution in [0.4, 0.5) is 10.2 Å². The fourth-order valence-electron chi connectivity index (χ4n) is 1.09. The number of hydrogen-bond acceptors (Lipinski definition) is 4. The van der Waals surface area contributed by atoms with Crippen molar-refractivity contribution in [1.82, 2.24) is 9.97 Å². The third-order valence-corrected chi connectivity index (χ3v) is 1.77. The van der Waals surface area contributed by atoms with Gasteiger partial charge in [0.15, 0.2) is 0 Å². The number of hydrogen-bond donors (Lipinski definition) is 2. The van der Waals surface area contributed by atoms with Crippen LogP contribution in [0, 0.1) is 5.95 Å². The Balaban J connectivity index is 2.37. The second-order valence-electron chi connectivity index (χ2n) is 3.05. The van der Waals surface area contributed by atoms with Crippen molar-refractivity contribution in [3.05, 3.63) is 18.3 Å². The van der Waals surface area contributed by atoms with Gasteiger partial charge in [0.25, 0.3) is 0 Å². The molecule has 0 radical (unpaired) electrons. The van der Waals surface area contributed by atoms with Gasteiger partial charge in [-0.1, -0.05) is 13.3 Å². The van der Waals surface area contributed by atoms with Gasteiger partial charge in [0, 0.05) is 12.6 Å². The van der Waals surface area contributed by atoms with Gasteiger partial charge in [0.05, 0.1) is 6.10 Å². The van der Waals surface area contributed by atoms with Crippen molar-refractivity contribution in [3.8, 4) is 0 Å². The molecule has 1 aromatic heterocycles. The summed E-state index contributed by atoms with van der Waals surface area (Å²) in [6, 6.07) is 1.19. The van der Waals surface area contributed by atoms with Crippen LogP contribution in [-0.2, 0) is 0 Å². The lowest BCUT2D eigenvalue weighted by Gasteiger charge is -2.10. The van der Waals surface area contributed by atoms with Crippen molar-refractivity contribution in [1.29, 1.82) is 0 Å².